The van der Waals surface area contributed by atoms with Crippen molar-refractivity contribution in [2.75, 3.05) is 5.32 Å². The van der Waals surface area contributed by atoms with Crippen molar-refractivity contribution in [1.29, 1.82) is 0 Å². The summed E-state index contributed by atoms with van der Waals surface area (Å²) >= 11 is 8.68. The van der Waals surface area contributed by atoms with Crippen LogP contribution in [0.3, 0.4) is 0 Å². The minimum atomic E-state index is -0.537. The molecule has 3 nitrogen and oxygen atoms in total. The third-order valence-electron chi connectivity index (χ3n) is 1.97. The molecular formula is C11H6BrClFNO2. The summed E-state index contributed by atoms with van der Waals surface area (Å²) in [6, 6.07) is 7.04. The number of nitrogens with one attached hydrogen (secondary N) is 1. The minimum absolute atomic E-state index is 0.0524. The van der Waals surface area contributed by atoms with Crippen molar-refractivity contribution < 1.29 is 13.6 Å². The molecule has 6 heteroatoms. The Morgan fingerprint density at radius 2 is 2.12 bits per heavy atom. The molecule has 1 aromatic carbocycles. The van der Waals surface area contributed by atoms with Gasteiger partial charge in [-0.3, -0.25) is 4.79 Å². The van der Waals surface area contributed by atoms with Crippen LogP contribution in [0.4, 0.5) is 10.1 Å². The largest absolute Gasteiger partial charge is 0.444 e. The fourth-order valence-electron chi connectivity index (χ4n) is 1.20. The lowest BCUT2D eigenvalue weighted by Gasteiger charge is -2.03. The molecular weight excluding hydrogens is 312 g/mol. The van der Waals surface area contributed by atoms with Crippen LogP contribution in [-0.2, 0) is 0 Å². The molecule has 0 aliphatic rings. The lowest BCUT2D eigenvalue weighted by molar-refractivity contribution is 0.0995. The van der Waals surface area contributed by atoms with E-state index in [1.165, 1.54) is 24.3 Å². The molecule has 0 saturated heterocycles. The standard InChI is InChI=1S/C11H6BrClFNO2/c12-10-4-3-9(17-10)11(16)15-6-1-2-8(14)7(13)5-6/h1-5H,(H,15,16). The Kier molecular flexibility index (Phi) is 3.49. The van der Waals surface area contributed by atoms with Gasteiger partial charge in [-0.15, -0.1) is 0 Å². The first-order valence-corrected chi connectivity index (χ1v) is 5.75. The molecule has 0 unspecified atom stereocenters. The highest BCUT2D eigenvalue weighted by Gasteiger charge is 2.11. The first kappa shape index (κ1) is 12.1. The van der Waals surface area contributed by atoms with Gasteiger partial charge in [0.05, 0.1) is 5.02 Å². The number of carbonyl (C=O) groups is 1. The van der Waals surface area contributed by atoms with Crippen molar-refractivity contribution in [3.05, 3.63) is 51.6 Å². The molecule has 0 atom stereocenters. The molecule has 17 heavy (non-hydrogen) atoms. The number of rotatable bonds is 2. The molecule has 0 fully saturated rings. The number of benzene rings is 1. The molecule has 0 saturated carbocycles. The van der Waals surface area contributed by atoms with E-state index in [9.17, 15) is 9.18 Å². The zero-order chi connectivity index (χ0) is 12.4. The van der Waals surface area contributed by atoms with Gasteiger partial charge in [-0.05, 0) is 46.3 Å². The van der Waals surface area contributed by atoms with E-state index in [2.05, 4.69) is 21.2 Å². The van der Waals surface area contributed by atoms with Crippen LogP contribution in [0.2, 0.25) is 5.02 Å². The van der Waals surface area contributed by atoms with Crippen LogP contribution >= 0.6 is 27.5 Å². The van der Waals surface area contributed by atoms with E-state index in [-0.39, 0.29) is 10.8 Å². The number of hydrogen-bond acceptors (Lipinski definition) is 2. The zero-order valence-corrected chi connectivity index (χ0v) is 10.7. The summed E-state index contributed by atoms with van der Waals surface area (Å²) in [6.45, 7) is 0. The molecule has 1 heterocycles. The first-order valence-electron chi connectivity index (χ1n) is 4.58. The van der Waals surface area contributed by atoms with E-state index in [1.807, 2.05) is 0 Å². The monoisotopic (exact) mass is 317 g/mol. The summed E-state index contributed by atoms with van der Waals surface area (Å²) in [6.07, 6.45) is 0. The maximum atomic E-state index is 12.9. The van der Waals surface area contributed by atoms with E-state index >= 15 is 0 Å². The summed E-state index contributed by atoms with van der Waals surface area (Å²) in [5.41, 5.74) is 0.397. The van der Waals surface area contributed by atoms with Gasteiger partial charge in [-0.1, -0.05) is 11.6 Å². The number of hydrogen-bond donors (Lipinski definition) is 1. The van der Waals surface area contributed by atoms with E-state index in [0.29, 0.717) is 10.4 Å². The van der Waals surface area contributed by atoms with E-state index < -0.39 is 11.7 Å². The fraction of sp³-hybridized carbons (Fsp3) is 0. The van der Waals surface area contributed by atoms with E-state index in [0.717, 1.165) is 0 Å². The van der Waals surface area contributed by atoms with Gasteiger partial charge in [-0.2, -0.15) is 0 Å². The zero-order valence-electron chi connectivity index (χ0n) is 8.34. The van der Waals surface area contributed by atoms with Crippen LogP contribution < -0.4 is 5.32 Å². The predicted molar refractivity (Wildman–Crippen MR) is 65.8 cm³/mol. The normalized spacial score (nSPS) is 10.3. The van der Waals surface area contributed by atoms with Gasteiger partial charge >= 0.3 is 0 Å². The van der Waals surface area contributed by atoms with Crippen LogP contribution in [0.15, 0.2) is 39.4 Å². The van der Waals surface area contributed by atoms with Gasteiger partial charge in [0.1, 0.15) is 5.82 Å². The molecule has 0 radical (unpaired) electrons. The number of carbonyl (C=O) groups excluding carboxylic acids is 1. The Labute approximate surface area is 110 Å². The molecule has 88 valence electrons. The van der Waals surface area contributed by atoms with Crippen LogP contribution in [0.5, 0.6) is 0 Å². The number of amides is 1. The lowest BCUT2D eigenvalue weighted by atomic mass is 10.3. The van der Waals surface area contributed by atoms with Crippen LogP contribution in [0.25, 0.3) is 0 Å². The number of anilines is 1. The Hall–Kier alpha value is -1.33. The third kappa shape index (κ3) is 2.87. The first-order chi connectivity index (χ1) is 8.06. The summed E-state index contributed by atoms with van der Waals surface area (Å²) in [4.78, 5) is 11.7. The van der Waals surface area contributed by atoms with Crippen molar-refractivity contribution in [2.45, 2.75) is 0 Å². The maximum absolute atomic E-state index is 12.9. The summed E-state index contributed by atoms with van der Waals surface area (Å²) in [5.74, 6) is -0.818. The van der Waals surface area contributed by atoms with Gasteiger partial charge < -0.3 is 9.73 Å². The predicted octanol–water partition coefficient (Wildman–Crippen LogP) is 4.09. The maximum Gasteiger partial charge on any atom is 0.291 e. The van der Waals surface area contributed by atoms with Crippen LogP contribution in [-0.4, -0.2) is 5.91 Å². The van der Waals surface area contributed by atoms with Crippen LogP contribution in [0, 0.1) is 5.82 Å². The SMILES string of the molecule is O=C(Nc1ccc(F)c(Cl)c1)c1ccc(Br)o1. The van der Waals surface area contributed by atoms with Gasteiger partial charge in [0, 0.05) is 5.69 Å². The van der Waals surface area contributed by atoms with Crippen molar-refractivity contribution in [3.63, 3.8) is 0 Å². The smallest absolute Gasteiger partial charge is 0.291 e. The average molecular weight is 319 g/mol. The third-order valence-corrected chi connectivity index (χ3v) is 2.69. The van der Waals surface area contributed by atoms with Crippen molar-refractivity contribution in [3.8, 4) is 0 Å². The van der Waals surface area contributed by atoms with Crippen molar-refractivity contribution in [2.24, 2.45) is 0 Å². The second-order valence-corrected chi connectivity index (χ2v) is 4.38. The molecule has 0 aliphatic carbocycles. The second-order valence-electron chi connectivity index (χ2n) is 3.19. The van der Waals surface area contributed by atoms with Crippen molar-refractivity contribution >= 4 is 39.1 Å². The molecule has 1 aromatic heterocycles. The average Bonchev–Trinajstić information content (AvgIpc) is 2.70. The minimum Gasteiger partial charge on any atom is -0.444 e. The highest BCUT2D eigenvalue weighted by molar-refractivity contribution is 9.10. The Morgan fingerprint density at radius 1 is 1.35 bits per heavy atom. The summed E-state index contributed by atoms with van der Waals surface area (Å²) in [7, 11) is 0. The molecule has 1 N–H and O–H groups in total. The quantitative estimate of drug-likeness (QED) is 0.906. The van der Waals surface area contributed by atoms with Crippen molar-refractivity contribution in [1.82, 2.24) is 0 Å². The Balaban J connectivity index is 2.15. The van der Waals surface area contributed by atoms with Gasteiger partial charge in [0.25, 0.3) is 5.91 Å². The lowest BCUT2D eigenvalue weighted by Crippen LogP contribution is -2.10. The molecule has 0 aliphatic heterocycles. The van der Waals surface area contributed by atoms with E-state index in [4.69, 9.17) is 16.0 Å². The van der Waals surface area contributed by atoms with Gasteiger partial charge in [-0.25, -0.2) is 4.39 Å². The second kappa shape index (κ2) is 4.89. The molecule has 2 rings (SSSR count). The van der Waals surface area contributed by atoms with Gasteiger partial charge in [0.2, 0.25) is 0 Å². The summed E-state index contributed by atoms with van der Waals surface area (Å²) in [5, 5.41) is 2.48. The highest BCUT2D eigenvalue weighted by Crippen LogP contribution is 2.20. The Bertz CT molecular complexity index is 570. The van der Waals surface area contributed by atoms with E-state index in [1.54, 1.807) is 6.07 Å². The molecule has 1 amide bonds. The number of halogens is 3. The molecule has 2 aromatic rings. The Morgan fingerprint density at radius 3 is 2.71 bits per heavy atom. The topological polar surface area (TPSA) is 42.2 Å². The highest BCUT2D eigenvalue weighted by atomic mass is 79.9. The number of furan rings is 1. The fourth-order valence-corrected chi connectivity index (χ4v) is 1.69. The van der Waals surface area contributed by atoms with Gasteiger partial charge in [0.15, 0.2) is 10.4 Å². The van der Waals surface area contributed by atoms with Crippen LogP contribution in [0.1, 0.15) is 10.6 Å². The molecule has 0 spiro atoms. The summed E-state index contributed by atoms with van der Waals surface area (Å²) < 4.78 is 18.4. The molecule has 0 bridgehead atoms.